The molecule has 0 aliphatic rings. The van der Waals surface area contributed by atoms with Crippen molar-refractivity contribution in [1.29, 1.82) is 0 Å². The number of carbonyl (C=O) groups is 1. The minimum Gasteiger partial charge on any atom is -0.325 e. The number of amides is 1. The van der Waals surface area contributed by atoms with E-state index in [2.05, 4.69) is 32.5 Å². The van der Waals surface area contributed by atoms with Gasteiger partial charge in [-0.05, 0) is 24.1 Å². The van der Waals surface area contributed by atoms with Gasteiger partial charge in [-0.15, -0.1) is 11.3 Å². The van der Waals surface area contributed by atoms with E-state index < -0.39 is 0 Å². The molecule has 7 heteroatoms. The normalized spacial score (nSPS) is 10.4. The molecule has 2 heterocycles. The Balaban J connectivity index is 1.61. The van der Waals surface area contributed by atoms with Gasteiger partial charge in [0.05, 0.1) is 12.1 Å². The van der Waals surface area contributed by atoms with Crippen LogP contribution < -0.4 is 10.6 Å². The Morgan fingerprint density at radius 2 is 1.96 bits per heavy atom. The Labute approximate surface area is 144 Å². The molecule has 1 aromatic carbocycles. The van der Waals surface area contributed by atoms with E-state index in [0.717, 1.165) is 17.7 Å². The molecule has 2 N–H and O–H groups in total. The molecule has 3 aromatic rings. The summed E-state index contributed by atoms with van der Waals surface area (Å²) in [5.41, 5.74) is 2.69. The fraction of sp³-hybridized carbons (Fsp3) is 0.176. The standard InChI is InChI=1S/C17H17N5OS/c1-2-12-6-3-4-7-14(12)21-15(23)10-13-11-24-17(20-13)22-16-18-8-5-9-19-16/h3-9,11H,2,10H2,1H3,(H,21,23)(H,18,19,20,22). The summed E-state index contributed by atoms with van der Waals surface area (Å²) in [7, 11) is 0. The number of nitrogens with one attached hydrogen (secondary N) is 2. The molecule has 0 aliphatic carbocycles. The van der Waals surface area contributed by atoms with Gasteiger partial charge < -0.3 is 10.6 Å². The molecule has 0 fully saturated rings. The summed E-state index contributed by atoms with van der Waals surface area (Å²) < 4.78 is 0. The minimum atomic E-state index is -0.0799. The van der Waals surface area contributed by atoms with Crippen molar-refractivity contribution in [1.82, 2.24) is 15.0 Å². The Morgan fingerprint density at radius 3 is 2.75 bits per heavy atom. The molecule has 0 saturated heterocycles. The number of aromatic nitrogens is 3. The van der Waals surface area contributed by atoms with E-state index >= 15 is 0 Å². The summed E-state index contributed by atoms with van der Waals surface area (Å²) in [6, 6.07) is 9.56. The van der Waals surface area contributed by atoms with Crippen LogP contribution in [0.2, 0.25) is 0 Å². The first-order chi connectivity index (χ1) is 11.7. The van der Waals surface area contributed by atoms with Gasteiger partial charge in [-0.25, -0.2) is 15.0 Å². The van der Waals surface area contributed by atoms with E-state index in [4.69, 9.17) is 0 Å². The number of rotatable bonds is 6. The molecule has 0 aliphatic heterocycles. The molecule has 3 rings (SSSR count). The Kier molecular flexibility index (Phi) is 5.12. The SMILES string of the molecule is CCc1ccccc1NC(=O)Cc1csc(Nc2ncccn2)n1. The first kappa shape index (κ1) is 16.1. The van der Waals surface area contributed by atoms with Crippen LogP contribution in [0.5, 0.6) is 0 Å². The largest absolute Gasteiger partial charge is 0.325 e. The molecule has 0 radical (unpaired) electrons. The van der Waals surface area contributed by atoms with Gasteiger partial charge in [-0.3, -0.25) is 4.79 Å². The Morgan fingerprint density at radius 1 is 1.17 bits per heavy atom. The molecule has 0 saturated carbocycles. The van der Waals surface area contributed by atoms with E-state index in [0.29, 0.717) is 16.8 Å². The fourth-order valence-corrected chi connectivity index (χ4v) is 2.92. The lowest BCUT2D eigenvalue weighted by Gasteiger charge is -2.08. The molecule has 0 spiro atoms. The summed E-state index contributed by atoms with van der Waals surface area (Å²) >= 11 is 1.42. The van der Waals surface area contributed by atoms with Crippen molar-refractivity contribution >= 4 is 34.0 Å². The second kappa shape index (κ2) is 7.65. The number of carbonyl (C=O) groups excluding carboxylic acids is 1. The van der Waals surface area contributed by atoms with Crippen LogP contribution in [0.1, 0.15) is 18.2 Å². The highest BCUT2D eigenvalue weighted by molar-refractivity contribution is 7.13. The smallest absolute Gasteiger partial charge is 0.230 e. The van der Waals surface area contributed by atoms with E-state index in [1.54, 1.807) is 18.5 Å². The zero-order valence-corrected chi connectivity index (χ0v) is 14.0. The van der Waals surface area contributed by atoms with Gasteiger partial charge in [0, 0.05) is 23.5 Å². The number of anilines is 3. The van der Waals surface area contributed by atoms with Crippen molar-refractivity contribution in [3.63, 3.8) is 0 Å². The third kappa shape index (κ3) is 4.14. The van der Waals surface area contributed by atoms with Crippen molar-refractivity contribution in [2.75, 3.05) is 10.6 Å². The summed E-state index contributed by atoms with van der Waals surface area (Å²) in [6.07, 6.45) is 4.41. The molecule has 6 nitrogen and oxygen atoms in total. The maximum atomic E-state index is 12.2. The highest BCUT2D eigenvalue weighted by atomic mass is 32.1. The quantitative estimate of drug-likeness (QED) is 0.719. The predicted molar refractivity (Wildman–Crippen MR) is 95.6 cm³/mol. The van der Waals surface area contributed by atoms with Crippen LogP contribution in [-0.4, -0.2) is 20.9 Å². The molecule has 0 bridgehead atoms. The van der Waals surface area contributed by atoms with Gasteiger partial charge >= 0.3 is 0 Å². The molecular formula is C17H17N5OS. The number of hydrogen-bond acceptors (Lipinski definition) is 6. The number of benzene rings is 1. The predicted octanol–water partition coefficient (Wildman–Crippen LogP) is 3.42. The van der Waals surface area contributed by atoms with E-state index in [1.165, 1.54) is 11.3 Å². The third-order valence-electron chi connectivity index (χ3n) is 3.35. The monoisotopic (exact) mass is 339 g/mol. The third-order valence-corrected chi connectivity index (χ3v) is 4.16. The highest BCUT2D eigenvalue weighted by Crippen LogP contribution is 2.20. The average molecular weight is 339 g/mol. The first-order valence-corrected chi connectivity index (χ1v) is 8.48. The molecule has 0 unspecified atom stereocenters. The van der Waals surface area contributed by atoms with E-state index in [1.807, 2.05) is 29.6 Å². The number of para-hydroxylation sites is 1. The van der Waals surface area contributed by atoms with Crippen LogP contribution in [-0.2, 0) is 17.6 Å². The van der Waals surface area contributed by atoms with Crippen LogP contribution in [0, 0.1) is 0 Å². The maximum Gasteiger partial charge on any atom is 0.230 e. The lowest BCUT2D eigenvalue weighted by atomic mass is 10.1. The lowest BCUT2D eigenvalue weighted by Crippen LogP contribution is -2.15. The van der Waals surface area contributed by atoms with Crippen molar-refractivity contribution in [3.05, 3.63) is 59.4 Å². The van der Waals surface area contributed by atoms with Crippen molar-refractivity contribution in [3.8, 4) is 0 Å². The van der Waals surface area contributed by atoms with Gasteiger partial charge in [0.2, 0.25) is 11.9 Å². The van der Waals surface area contributed by atoms with Crippen LogP contribution in [0.4, 0.5) is 16.8 Å². The van der Waals surface area contributed by atoms with Gasteiger partial charge in [-0.1, -0.05) is 25.1 Å². The van der Waals surface area contributed by atoms with Gasteiger partial charge in [-0.2, -0.15) is 0 Å². The molecule has 122 valence electrons. The van der Waals surface area contributed by atoms with Crippen molar-refractivity contribution < 1.29 is 4.79 Å². The van der Waals surface area contributed by atoms with Gasteiger partial charge in [0.1, 0.15) is 0 Å². The number of hydrogen-bond donors (Lipinski definition) is 2. The highest BCUT2D eigenvalue weighted by Gasteiger charge is 2.10. The van der Waals surface area contributed by atoms with E-state index in [9.17, 15) is 4.79 Å². The van der Waals surface area contributed by atoms with Crippen LogP contribution in [0.3, 0.4) is 0 Å². The van der Waals surface area contributed by atoms with Crippen molar-refractivity contribution in [2.24, 2.45) is 0 Å². The topological polar surface area (TPSA) is 79.8 Å². The first-order valence-electron chi connectivity index (χ1n) is 7.61. The minimum absolute atomic E-state index is 0.0799. The summed E-state index contributed by atoms with van der Waals surface area (Å²) in [5.74, 6) is 0.406. The summed E-state index contributed by atoms with van der Waals surface area (Å²) in [4.78, 5) is 24.8. The molecule has 1 amide bonds. The van der Waals surface area contributed by atoms with Crippen LogP contribution in [0.15, 0.2) is 48.1 Å². The second-order valence-electron chi connectivity index (χ2n) is 5.08. The number of thiazole rings is 1. The molecule has 2 aromatic heterocycles. The fourth-order valence-electron chi connectivity index (χ4n) is 2.21. The number of aryl methyl sites for hydroxylation is 1. The van der Waals surface area contributed by atoms with Crippen LogP contribution in [0.25, 0.3) is 0 Å². The maximum absolute atomic E-state index is 12.2. The zero-order valence-electron chi connectivity index (χ0n) is 13.2. The molecular weight excluding hydrogens is 322 g/mol. The van der Waals surface area contributed by atoms with Crippen molar-refractivity contribution in [2.45, 2.75) is 19.8 Å². The Bertz CT molecular complexity index is 819. The van der Waals surface area contributed by atoms with Crippen LogP contribution >= 0.6 is 11.3 Å². The number of nitrogens with zero attached hydrogens (tertiary/aromatic N) is 3. The van der Waals surface area contributed by atoms with Gasteiger partial charge in [0.15, 0.2) is 5.13 Å². The Hall–Kier alpha value is -2.80. The lowest BCUT2D eigenvalue weighted by molar-refractivity contribution is -0.115. The summed E-state index contributed by atoms with van der Waals surface area (Å²) in [6.45, 7) is 2.06. The van der Waals surface area contributed by atoms with Gasteiger partial charge in [0.25, 0.3) is 0 Å². The molecule has 24 heavy (non-hydrogen) atoms. The molecule has 0 atom stereocenters. The summed E-state index contributed by atoms with van der Waals surface area (Å²) in [5, 5.41) is 8.49. The van der Waals surface area contributed by atoms with E-state index in [-0.39, 0.29) is 12.3 Å². The second-order valence-corrected chi connectivity index (χ2v) is 5.94. The average Bonchev–Trinajstić information content (AvgIpc) is 3.03. The zero-order chi connectivity index (χ0) is 16.8.